The van der Waals surface area contributed by atoms with E-state index >= 15 is 0 Å². The quantitative estimate of drug-likeness (QED) is 0.658. The fourth-order valence-electron chi connectivity index (χ4n) is 2.27. The normalized spacial score (nSPS) is 10.6. The zero-order valence-electron chi connectivity index (χ0n) is 13.2. The van der Waals surface area contributed by atoms with Crippen LogP contribution in [0.5, 0.6) is 11.5 Å². The van der Waals surface area contributed by atoms with E-state index in [0.29, 0.717) is 21.8 Å². The van der Waals surface area contributed by atoms with E-state index in [9.17, 15) is 0 Å². The summed E-state index contributed by atoms with van der Waals surface area (Å²) in [5, 5.41) is 8.54. The zero-order chi connectivity index (χ0) is 16.9. The van der Waals surface area contributed by atoms with Gasteiger partial charge in [0, 0.05) is 16.3 Å². The van der Waals surface area contributed by atoms with Gasteiger partial charge >= 0.3 is 0 Å². The lowest BCUT2D eigenvalue weighted by molar-refractivity contribution is 0.411. The number of hydrogen-bond donors (Lipinski definition) is 1. The average Bonchev–Trinajstić information content (AvgIpc) is 3.09. The number of nitrogens with one attached hydrogen (secondary N) is 1. The van der Waals surface area contributed by atoms with Crippen LogP contribution in [-0.4, -0.2) is 29.4 Å². The maximum Gasteiger partial charge on any atom is 0.209 e. The number of hydrogen-bond acceptors (Lipinski definition) is 5. The second-order valence-corrected chi connectivity index (χ2v) is 6.29. The Bertz CT molecular complexity index is 838. The average molecular weight is 362 g/mol. The van der Waals surface area contributed by atoms with Gasteiger partial charge < -0.3 is 9.47 Å². The van der Waals surface area contributed by atoms with Crippen LogP contribution >= 0.6 is 23.4 Å². The monoisotopic (exact) mass is 361 g/mol. The summed E-state index contributed by atoms with van der Waals surface area (Å²) in [7, 11) is 3.28. The minimum atomic E-state index is 0.651. The SMILES string of the molecule is COc1ccc(Cl)cc1CSc1n[nH]c(-c2ccccc2OC)n1. The van der Waals surface area contributed by atoms with E-state index in [0.717, 1.165) is 22.6 Å². The number of halogens is 1. The number of aromatic nitrogens is 3. The molecule has 0 amide bonds. The van der Waals surface area contributed by atoms with Gasteiger partial charge in [-0.15, -0.1) is 5.10 Å². The molecule has 3 rings (SSSR count). The lowest BCUT2D eigenvalue weighted by atomic mass is 10.2. The van der Waals surface area contributed by atoms with Crippen molar-refractivity contribution >= 4 is 23.4 Å². The number of methoxy groups -OCH3 is 2. The predicted molar refractivity (Wildman–Crippen MR) is 95.9 cm³/mol. The molecule has 0 atom stereocenters. The van der Waals surface area contributed by atoms with Crippen LogP contribution in [0, 0.1) is 0 Å². The van der Waals surface area contributed by atoms with Gasteiger partial charge in [-0.2, -0.15) is 0 Å². The Morgan fingerprint density at radius 1 is 1.08 bits per heavy atom. The lowest BCUT2D eigenvalue weighted by Gasteiger charge is -2.07. The summed E-state index contributed by atoms with van der Waals surface area (Å²) in [6, 6.07) is 13.2. The van der Waals surface area contributed by atoms with Crippen LogP contribution in [0.25, 0.3) is 11.4 Å². The van der Waals surface area contributed by atoms with Crippen LogP contribution in [0.2, 0.25) is 5.02 Å². The van der Waals surface area contributed by atoms with E-state index in [1.807, 2.05) is 36.4 Å². The molecule has 0 bridgehead atoms. The molecule has 0 aliphatic heterocycles. The highest BCUT2D eigenvalue weighted by molar-refractivity contribution is 7.98. The maximum absolute atomic E-state index is 6.06. The van der Waals surface area contributed by atoms with Crippen molar-refractivity contribution in [1.29, 1.82) is 0 Å². The van der Waals surface area contributed by atoms with Crippen molar-refractivity contribution in [3.05, 3.63) is 53.1 Å². The second kappa shape index (κ2) is 7.59. The van der Waals surface area contributed by atoms with Crippen LogP contribution < -0.4 is 9.47 Å². The molecule has 0 unspecified atom stereocenters. The van der Waals surface area contributed by atoms with Crippen molar-refractivity contribution in [3.63, 3.8) is 0 Å². The largest absolute Gasteiger partial charge is 0.496 e. The summed E-state index contributed by atoms with van der Waals surface area (Å²) in [5.74, 6) is 2.88. The Kier molecular flexibility index (Phi) is 5.27. The minimum Gasteiger partial charge on any atom is -0.496 e. The van der Waals surface area contributed by atoms with E-state index in [1.54, 1.807) is 20.3 Å². The Balaban J connectivity index is 1.76. The first kappa shape index (κ1) is 16.7. The van der Waals surface area contributed by atoms with Crippen LogP contribution in [0.1, 0.15) is 5.56 Å². The molecule has 0 saturated carbocycles. The number of aromatic amines is 1. The predicted octanol–water partition coefficient (Wildman–Crippen LogP) is 4.43. The van der Waals surface area contributed by atoms with Crippen LogP contribution in [0.15, 0.2) is 47.6 Å². The fourth-order valence-corrected chi connectivity index (χ4v) is 3.24. The molecule has 0 aliphatic rings. The second-order valence-electron chi connectivity index (χ2n) is 4.91. The van der Waals surface area contributed by atoms with Crippen molar-refractivity contribution < 1.29 is 9.47 Å². The van der Waals surface area contributed by atoms with Crippen LogP contribution in [0.4, 0.5) is 0 Å². The number of nitrogens with zero attached hydrogens (tertiary/aromatic N) is 2. The molecule has 0 fully saturated rings. The Morgan fingerprint density at radius 2 is 1.88 bits per heavy atom. The van der Waals surface area contributed by atoms with Gasteiger partial charge in [-0.25, -0.2) is 4.98 Å². The molecule has 3 aromatic rings. The van der Waals surface area contributed by atoms with E-state index in [2.05, 4.69) is 15.2 Å². The standard InChI is InChI=1S/C17H16ClN3O2S/c1-22-14-8-7-12(18)9-11(14)10-24-17-19-16(20-21-17)13-5-3-4-6-15(13)23-2/h3-9H,10H2,1-2H3,(H,19,20,21). The van der Waals surface area contributed by atoms with E-state index in [-0.39, 0.29) is 0 Å². The van der Waals surface area contributed by atoms with E-state index in [4.69, 9.17) is 21.1 Å². The molecule has 7 heteroatoms. The van der Waals surface area contributed by atoms with Crippen molar-refractivity contribution in [2.45, 2.75) is 10.9 Å². The van der Waals surface area contributed by atoms with Gasteiger partial charge in [0.25, 0.3) is 0 Å². The van der Waals surface area contributed by atoms with Gasteiger partial charge in [0.1, 0.15) is 11.5 Å². The fraction of sp³-hybridized carbons (Fsp3) is 0.176. The van der Waals surface area contributed by atoms with E-state index in [1.165, 1.54) is 11.8 Å². The number of benzene rings is 2. The first-order valence-corrected chi connectivity index (χ1v) is 8.58. The van der Waals surface area contributed by atoms with Crippen molar-refractivity contribution in [2.24, 2.45) is 0 Å². The third-order valence-electron chi connectivity index (χ3n) is 3.43. The van der Waals surface area contributed by atoms with Gasteiger partial charge in [-0.3, -0.25) is 5.10 Å². The Morgan fingerprint density at radius 3 is 2.67 bits per heavy atom. The summed E-state index contributed by atoms with van der Waals surface area (Å²) >= 11 is 7.56. The molecule has 1 N–H and O–H groups in total. The summed E-state index contributed by atoms with van der Waals surface area (Å²) < 4.78 is 10.7. The van der Waals surface area contributed by atoms with Gasteiger partial charge in [-0.1, -0.05) is 35.5 Å². The molecule has 0 spiro atoms. The molecule has 24 heavy (non-hydrogen) atoms. The van der Waals surface area contributed by atoms with E-state index < -0.39 is 0 Å². The summed E-state index contributed by atoms with van der Waals surface area (Å²) in [6.07, 6.45) is 0. The van der Waals surface area contributed by atoms with Crippen molar-refractivity contribution in [1.82, 2.24) is 15.2 Å². The number of rotatable bonds is 6. The molecule has 124 valence electrons. The zero-order valence-corrected chi connectivity index (χ0v) is 14.8. The minimum absolute atomic E-state index is 0.651. The van der Waals surface area contributed by atoms with Crippen LogP contribution in [0.3, 0.4) is 0 Å². The summed E-state index contributed by atoms with van der Waals surface area (Å²) in [4.78, 5) is 4.52. The first-order chi connectivity index (χ1) is 11.7. The number of para-hydroxylation sites is 1. The number of H-pyrrole nitrogens is 1. The molecular formula is C17H16ClN3O2S. The lowest BCUT2D eigenvalue weighted by Crippen LogP contribution is -1.90. The van der Waals surface area contributed by atoms with Crippen LogP contribution in [-0.2, 0) is 5.75 Å². The molecule has 0 radical (unpaired) electrons. The highest BCUT2D eigenvalue weighted by atomic mass is 35.5. The first-order valence-electron chi connectivity index (χ1n) is 7.22. The molecule has 2 aromatic carbocycles. The highest BCUT2D eigenvalue weighted by Gasteiger charge is 2.12. The van der Waals surface area contributed by atoms with Gasteiger partial charge in [0.05, 0.1) is 19.8 Å². The molecule has 5 nitrogen and oxygen atoms in total. The number of ether oxygens (including phenoxy) is 2. The third kappa shape index (κ3) is 3.66. The van der Waals surface area contributed by atoms with Gasteiger partial charge in [0.2, 0.25) is 5.16 Å². The maximum atomic E-state index is 6.06. The topological polar surface area (TPSA) is 60.0 Å². The van der Waals surface area contributed by atoms with Gasteiger partial charge in [-0.05, 0) is 30.3 Å². The molecular weight excluding hydrogens is 346 g/mol. The molecule has 0 saturated heterocycles. The smallest absolute Gasteiger partial charge is 0.209 e. The van der Waals surface area contributed by atoms with Crippen molar-refractivity contribution in [3.8, 4) is 22.9 Å². The summed E-state index contributed by atoms with van der Waals surface area (Å²) in [6.45, 7) is 0. The molecule has 1 heterocycles. The molecule has 0 aliphatic carbocycles. The third-order valence-corrected chi connectivity index (χ3v) is 4.56. The number of thioether (sulfide) groups is 1. The summed E-state index contributed by atoms with van der Waals surface area (Å²) in [5.41, 5.74) is 1.87. The van der Waals surface area contributed by atoms with Gasteiger partial charge in [0.15, 0.2) is 5.82 Å². The van der Waals surface area contributed by atoms with Crippen molar-refractivity contribution in [2.75, 3.05) is 14.2 Å². The molecule has 1 aromatic heterocycles. The highest BCUT2D eigenvalue weighted by Crippen LogP contribution is 2.31. The Hall–Kier alpha value is -2.18. The Labute approximate surface area is 149 Å².